The summed E-state index contributed by atoms with van der Waals surface area (Å²) in [7, 11) is 0. The summed E-state index contributed by atoms with van der Waals surface area (Å²) in [5, 5.41) is 8.93. The smallest absolute Gasteiger partial charge is 0.328 e. The minimum atomic E-state index is -0.958. The lowest BCUT2D eigenvalue weighted by Crippen LogP contribution is -2.28. The molecule has 0 spiro atoms. The number of amides is 1. The number of carbonyl (C=O) groups is 2. The summed E-state index contributed by atoms with van der Waals surface area (Å²) in [6, 6.07) is 5.60. The molecule has 2 rings (SSSR count). The summed E-state index contributed by atoms with van der Waals surface area (Å²) < 4.78 is 0. The van der Waals surface area contributed by atoms with E-state index in [0.29, 0.717) is 12.0 Å². The molecule has 0 saturated carbocycles. The van der Waals surface area contributed by atoms with Gasteiger partial charge in [-0.1, -0.05) is 19.1 Å². The molecule has 0 atom stereocenters. The SMILES string of the molecule is CC/C(=C\C(=O)O)c1ccc(C)c(C(=O)N2CCCC2)c1. The molecule has 0 unspecified atom stereocenters. The topological polar surface area (TPSA) is 57.6 Å². The molecule has 0 aliphatic carbocycles. The Kier molecular flexibility index (Phi) is 4.78. The van der Waals surface area contributed by atoms with E-state index in [1.165, 1.54) is 6.08 Å². The number of likely N-dealkylation sites (tertiary alicyclic amines) is 1. The number of benzene rings is 1. The first kappa shape index (κ1) is 15.3. The molecule has 1 saturated heterocycles. The van der Waals surface area contributed by atoms with Gasteiger partial charge < -0.3 is 10.0 Å². The fourth-order valence-corrected chi connectivity index (χ4v) is 2.68. The minimum Gasteiger partial charge on any atom is -0.478 e. The number of carboxylic acid groups (broad SMARTS) is 1. The molecule has 1 N–H and O–H groups in total. The van der Waals surface area contributed by atoms with Gasteiger partial charge in [-0.05, 0) is 49.0 Å². The summed E-state index contributed by atoms with van der Waals surface area (Å²) in [6.07, 6.45) is 3.95. The van der Waals surface area contributed by atoms with Crippen molar-refractivity contribution in [1.29, 1.82) is 0 Å². The van der Waals surface area contributed by atoms with Crippen LogP contribution >= 0.6 is 0 Å². The summed E-state index contributed by atoms with van der Waals surface area (Å²) in [6.45, 7) is 5.46. The quantitative estimate of drug-likeness (QED) is 0.866. The maximum Gasteiger partial charge on any atom is 0.328 e. The average molecular weight is 287 g/mol. The number of hydrogen-bond acceptors (Lipinski definition) is 2. The van der Waals surface area contributed by atoms with E-state index >= 15 is 0 Å². The zero-order chi connectivity index (χ0) is 15.4. The molecule has 1 aromatic rings. The molecule has 0 aromatic heterocycles. The Morgan fingerprint density at radius 2 is 1.95 bits per heavy atom. The number of carboxylic acids is 1. The van der Waals surface area contributed by atoms with Gasteiger partial charge in [0.15, 0.2) is 0 Å². The zero-order valence-corrected chi connectivity index (χ0v) is 12.6. The molecular weight excluding hydrogens is 266 g/mol. The standard InChI is InChI=1S/C17H21NO3/c1-3-13(11-16(19)20)14-7-6-12(2)15(10-14)17(21)18-8-4-5-9-18/h6-7,10-11H,3-5,8-9H2,1-2H3,(H,19,20)/b13-11+. The van der Waals surface area contributed by atoms with Gasteiger partial charge in [0.1, 0.15) is 0 Å². The molecule has 21 heavy (non-hydrogen) atoms. The van der Waals surface area contributed by atoms with E-state index in [0.717, 1.165) is 42.6 Å². The average Bonchev–Trinajstić information content (AvgIpc) is 2.98. The second-order valence-corrected chi connectivity index (χ2v) is 5.39. The van der Waals surface area contributed by atoms with E-state index in [1.54, 1.807) is 0 Å². The number of carbonyl (C=O) groups excluding carboxylic acids is 1. The number of rotatable bonds is 4. The van der Waals surface area contributed by atoms with E-state index in [9.17, 15) is 9.59 Å². The number of aliphatic carboxylic acids is 1. The van der Waals surface area contributed by atoms with E-state index < -0.39 is 5.97 Å². The lowest BCUT2D eigenvalue weighted by Gasteiger charge is -2.17. The van der Waals surface area contributed by atoms with Gasteiger partial charge in [0.05, 0.1) is 0 Å². The van der Waals surface area contributed by atoms with Crippen molar-refractivity contribution in [3.05, 3.63) is 41.0 Å². The van der Waals surface area contributed by atoms with Crippen LogP contribution in [-0.2, 0) is 4.79 Å². The predicted molar refractivity (Wildman–Crippen MR) is 82.2 cm³/mol. The van der Waals surface area contributed by atoms with Gasteiger partial charge in [0.2, 0.25) is 0 Å². The normalized spacial score (nSPS) is 15.3. The number of aryl methyl sites for hydroxylation is 1. The van der Waals surface area contributed by atoms with Gasteiger partial charge in [0.25, 0.3) is 5.91 Å². The maximum absolute atomic E-state index is 12.5. The molecule has 0 radical (unpaired) electrons. The Bertz CT molecular complexity index is 584. The first-order valence-electron chi connectivity index (χ1n) is 7.36. The van der Waals surface area contributed by atoms with Crippen LogP contribution in [0.1, 0.15) is 47.7 Å². The van der Waals surface area contributed by atoms with Gasteiger partial charge >= 0.3 is 5.97 Å². The van der Waals surface area contributed by atoms with Gasteiger partial charge in [-0.2, -0.15) is 0 Å². The fourth-order valence-electron chi connectivity index (χ4n) is 2.68. The molecule has 1 aromatic carbocycles. The molecule has 1 aliphatic heterocycles. The molecule has 1 fully saturated rings. The molecule has 4 nitrogen and oxygen atoms in total. The van der Waals surface area contributed by atoms with E-state index in [1.807, 2.05) is 36.9 Å². The van der Waals surface area contributed by atoms with Gasteiger partial charge in [-0.3, -0.25) is 4.79 Å². The summed E-state index contributed by atoms with van der Waals surface area (Å²) in [5.41, 5.74) is 3.16. The first-order valence-corrected chi connectivity index (χ1v) is 7.36. The highest BCUT2D eigenvalue weighted by molar-refractivity contribution is 5.97. The van der Waals surface area contributed by atoms with Crippen molar-refractivity contribution in [3.8, 4) is 0 Å². The Hall–Kier alpha value is -2.10. The summed E-state index contributed by atoms with van der Waals surface area (Å²) in [4.78, 5) is 25.3. The number of allylic oxidation sites excluding steroid dienone is 1. The van der Waals surface area contributed by atoms with Crippen LogP contribution in [0.25, 0.3) is 5.57 Å². The van der Waals surface area contributed by atoms with Crippen LogP contribution < -0.4 is 0 Å². The monoisotopic (exact) mass is 287 g/mol. The Morgan fingerprint density at radius 1 is 1.29 bits per heavy atom. The van der Waals surface area contributed by atoms with Crippen molar-refractivity contribution in [3.63, 3.8) is 0 Å². The molecule has 1 aliphatic rings. The number of hydrogen-bond donors (Lipinski definition) is 1. The molecular formula is C17H21NO3. The van der Waals surface area contributed by atoms with Crippen LogP contribution in [0, 0.1) is 6.92 Å². The van der Waals surface area contributed by atoms with Crippen LogP contribution in [0.2, 0.25) is 0 Å². The zero-order valence-electron chi connectivity index (χ0n) is 12.6. The fraction of sp³-hybridized carbons (Fsp3) is 0.412. The molecule has 4 heteroatoms. The maximum atomic E-state index is 12.5. The second kappa shape index (κ2) is 6.57. The highest BCUT2D eigenvalue weighted by Crippen LogP contribution is 2.23. The Balaban J connectivity index is 2.36. The van der Waals surface area contributed by atoms with Gasteiger partial charge in [0, 0.05) is 24.7 Å². The number of nitrogens with zero attached hydrogens (tertiary/aromatic N) is 1. The Morgan fingerprint density at radius 3 is 2.52 bits per heavy atom. The van der Waals surface area contributed by atoms with Gasteiger partial charge in [-0.15, -0.1) is 0 Å². The van der Waals surface area contributed by atoms with E-state index in [2.05, 4.69) is 0 Å². The summed E-state index contributed by atoms with van der Waals surface area (Å²) >= 11 is 0. The predicted octanol–water partition coefficient (Wildman–Crippen LogP) is 3.11. The largest absolute Gasteiger partial charge is 0.478 e. The van der Waals surface area contributed by atoms with Crippen LogP contribution in [0.5, 0.6) is 0 Å². The molecule has 0 bridgehead atoms. The molecule has 112 valence electrons. The first-order chi connectivity index (χ1) is 10.0. The third-order valence-electron chi connectivity index (χ3n) is 3.91. The highest BCUT2D eigenvalue weighted by Gasteiger charge is 2.21. The molecule has 1 amide bonds. The Labute approximate surface area is 125 Å². The highest BCUT2D eigenvalue weighted by atomic mass is 16.4. The third-order valence-corrected chi connectivity index (χ3v) is 3.91. The van der Waals surface area contributed by atoms with Crippen molar-refractivity contribution in [2.75, 3.05) is 13.1 Å². The lowest BCUT2D eigenvalue weighted by atomic mass is 9.97. The minimum absolute atomic E-state index is 0.0534. The van der Waals surface area contributed by atoms with Crippen LogP contribution in [0.15, 0.2) is 24.3 Å². The van der Waals surface area contributed by atoms with Crippen molar-refractivity contribution in [2.45, 2.75) is 33.1 Å². The van der Waals surface area contributed by atoms with Crippen molar-refractivity contribution >= 4 is 17.4 Å². The van der Waals surface area contributed by atoms with Crippen LogP contribution in [0.4, 0.5) is 0 Å². The van der Waals surface area contributed by atoms with Crippen molar-refractivity contribution in [2.24, 2.45) is 0 Å². The van der Waals surface area contributed by atoms with Gasteiger partial charge in [-0.25, -0.2) is 4.79 Å². The van der Waals surface area contributed by atoms with E-state index in [4.69, 9.17) is 5.11 Å². The van der Waals surface area contributed by atoms with Crippen molar-refractivity contribution < 1.29 is 14.7 Å². The van der Waals surface area contributed by atoms with E-state index in [-0.39, 0.29) is 5.91 Å². The lowest BCUT2D eigenvalue weighted by molar-refractivity contribution is -0.131. The third kappa shape index (κ3) is 3.51. The van der Waals surface area contributed by atoms with Crippen LogP contribution in [-0.4, -0.2) is 35.0 Å². The molecule has 1 heterocycles. The van der Waals surface area contributed by atoms with Crippen molar-refractivity contribution in [1.82, 2.24) is 4.90 Å². The van der Waals surface area contributed by atoms with Crippen LogP contribution in [0.3, 0.4) is 0 Å². The second-order valence-electron chi connectivity index (χ2n) is 5.39. The summed E-state index contributed by atoms with van der Waals surface area (Å²) in [5.74, 6) is -0.905.